The van der Waals surface area contributed by atoms with Crippen molar-refractivity contribution in [2.45, 2.75) is 4.34 Å². The fourth-order valence-corrected chi connectivity index (χ4v) is 5.08. The zero-order valence-corrected chi connectivity index (χ0v) is 20.0. The van der Waals surface area contributed by atoms with Crippen LogP contribution in [-0.2, 0) is 4.79 Å². The molecule has 0 aliphatic rings. The molecular formula is C22H15BrN4O4S2. The molecule has 33 heavy (non-hydrogen) atoms. The number of carbonyl (C=O) groups excluding carboxylic acids is 1. The third-order valence-electron chi connectivity index (χ3n) is 4.38. The molecular weight excluding hydrogens is 528 g/mol. The Kier molecular flexibility index (Phi) is 7.02. The first-order valence-electron chi connectivity index (χ1n) is 9.48. The van der Waals surface area contributed by atoms with E-state index in [1.807, 2.05) is 18.2 Å². The zero-order valence-electron chi connectivity index (χ0n) is 16.8. The minimum absolute atomic E-state index is 0.0333. The van der Waals surface area contributed by atoms with Gasteiger partial charge >= 0.3 is 0 Å². The van der Waals surface area contributed by atoms with Gasteiger partial charge in [0.1, 0.15) is 5.75 Å². The number of rotatable bonds is 7. The van der Waals surface area contributed by atoms with Gasteiger partial charge in [-0.3, -0.25) is 19.9 Å². The molecule has 11 heteroatoms. The number of halogens is 1. The van der Waals surface area contributed by atoms with Crippen molar-refractivity contribution in [1.82, 2.24) is 4.98 Å². The molecule has 0 saturated carbocycles. The number of phenolic OH excluding ortho intramolecular Hbond substituents is 1. The van der Waals surface area contributed by atoms with E-state index in [0.717, 1.165) is 24.7 Å². The SMILES string of the molecule is O=C(CSc1nc2ccc(N=Cc3cc(Br)ccc3O)cc2s1)Nc1ccc([N+](=O)[O-])cc1. The lowest BCUT2D eigenvalue weighted by Gasteiger charge is -2.03. The second kappa shape index (κ2) is 10.1. The Bertz CT molecular complexity index is 1370. The van der Waals surface area contributed by atoms with Crippen LogP contribution in [0.1, 0.15) is 5.56 Å². The minimum atomic E-state index is -0.490. The number of non-ortho nitro benzene ring substituents is 1. The molecule has 0 spiro atoms. The number of carbonyl (C=O) groups is 1. The molecule has 0 bridgehead atoms. The van der Waals surface area contributed by atoms with E-state index < -0.39 is 4.92 Å². The Labute approximate surface area is 204 Å². The number of amides is 1. The predicted octanol–water partition coefficient (Wildman–Crippen LogP) is 6.15. The van der Waals surface area contributed by atoms with Crippen molar-refractivity contribution in [3.63, 3.8) is 0 Å². The van der Waals surface area contributed by atoms with Crippen molar-refractivity contribution >= 4 is 78.4 Å². The van der Waals surface area contributed by atoms with Crippen molar-refractivity contribution in [2.75, 3.05) is 11.1 Å². The number of thiazole rings is 1. The van der Waals surface area contributed by atoms with E-state index >= 15 is 0 Å². The van der Waals surface area contributed by atoms with Crippen LogP contribution < -0.4 is 5.32 Å². The number of thioether (sulfide) groups is 1. The van der Waals surface area contributed by atoms with Gasteiger partial charge in [0.2, 0.25) is 5.91 Å². The van der Waals surface area contributed by atoms with Crippen molar-refractivity contribution in [3.05, 3.63) is 80.8 Å². The van der Waals surface area contributed by atoms with Crippen LogP contribution in [0.15, 0.2) is 74.5 Å². The van der Waals surface area contributed by atoms with Crippen LogP contribution in [0.2, 0.25) is 0 Å². The van der Waals surface area contributed by atoms with Crippen LogP contribution >= 0.6 is 39.0 Å². The first-order chi connectivity index (χ1) is 15.9. The molecule has 0 unspecified atom stereocenters. The Balaban J connectivity index is 1.39. The lowest BCUT2D eigenvalue weighted by molar-refractivity contribution is -0.384. The normalized spacial score (nSPS) is 11.2. The summed E-state index contributed by atoms with van der Waals surface area (Å²) in [6, 6.07) is 16.4. The van der Waals surface area contributed by atoms with E-state index in [-0.39, 0.29) is 23.1 Å². The van der Waals surface area contributed by atoms with Gasteiger partial charge in [-0.15, -0.1) is 11.3 Å². The van der Waals surface area contributed by atoms with Crippen LogP contribution in [-0.4, -0.2) is 32.9 Å². The summed E-state index contributed by atoms with van der Waals surface area (Å²) in [4.78, 5) is 31.4. The molecule has 3 aromatic carbocycles. The highest BCUT2D eigenvalue weighted by Gasteiger charge is 2.10. The Morgan fingerprint density at radius 2 is 2.00 bits per heavy atom. The summed E-state index contributed by atoms with van der Waals surface area (Å²) < 4.78 is 2.52. The average Bonchev–Trinajstić information content (AvgIpc) is 3.21. The summed E-state index contributed by atoms with van der Waals surface area (Å²) in [5, 5.41) is 23.4. The van der Waals surface area contributed by atoms with Gasteiger partial charge in [-0.05, 0) is 48.5 Å². The van der Waals surface area contributed by atoms with Gasteiger partial charge < -0.3 is 10.4 Å². The van der Waals surface area contributed by atoms with Crippen molar-refractivity contribution in [1.29, 1.82) is 0 Å². The fourth-order valence-electron chi connectivity index (χ4n) is 2.80. The van der Waals surface area contributed by atoms with Crippen LogP contribution in [0.25, 0.3) is 10.2 Å². The maximum absolute atomic E-state index is 12.2. The highest BCUT2D eigenvalue weighted by molar-refractivity contribution is 9.10. The molecule has 0 fully saturated rings. The fraction of sp³-hybridized carbons (Fsp3) is 0.0455. The molecule has 4 rings (SSSR count). The minimum Gasteiger partial charge on any atom is -0.507 e. The molecule has 1 aromatic heterocycles. The highest BCUT2D eigenvalue weighted by Crippen LogP contribution is 2.32. The number of nitrogens with zero attached hydrogens (tertiary/aromatic N) is 3. The summed E-state index contributed by atoms with van der Waals surface area (Å²) in [7, 11) is 0. The summed E-state index contributed by atoms with van der Waals surface area (Å²) in [5.41, 5.74) is 2.59. The Morgan fingerprint density at radius 1 is 1.21 bits per heavy atom. The van der Waals surface area contributed by atoms with Crippen molar-refractivity contribution in [2.24, 2.45) is 4.99 Å². The van der Waals surface area contributed by atoms with E-state index in [9.17, 15) is 20.0 Å². The number of fused-ring (bicyclic) bond motifs is 1. The van der Waals surface area contributed by atoms with Gasteiger partial charge in [-0.25, -0.2) is 4.98 Å². The molecule has 0 aliphatic heterocycles. The smallest absolute Gasteiger partial charge is 0.269 e. The van der Waals surface area contributed by atoms with E-state index in [1.54, 1.807) is 24.4 Å². The molecule has 4 aromatic rings. The molecule has 1 heterocycles. The van der Waals surface area contributed by atoms with E-state index in [0.29, 0.717) is 11.3 Å². The first-order valence-corrected chi connectivity index (χ1v) is 12.1. The molecule has 1 amide bonds. The molecule has 0 aliphatic carbocycles. The predicted molar refractivity (Wildman–Crippen MR) is 135 cm³/mol. The summed E-state index contributed by atoms with van der Waals surface area (Å²) in [6.45, 7) is 0. The number of nitro groups is 1. The summed E-state index contributed by atoms with van der Waals surface area (Å²) >= 11 is 6.14. The van der Waals surface area contributed by atoms with Gasteiger partial charge in [-0.2, -0.15) is 0 Å². The Hall–Kier alpha value is -3.28. The summed E-state index contributed by atoms with van der Waals surface area (Å²) in [6.07, 6.45) is 1.60. The lowest BCUT2D eigenvalue weighted by atomic mass is 10.2. The Morgan fingerprint density at radius 3 is 2.76 bits per heavy atom. The maximum atomic E-state index is 12.2. The van der Waals surface area contributed by atoms with Gasteiger partial charge in [0.15, 0.2) is 4.34 Å². The largest absolute Gasteiger partial charge is 0.507 e. The highest BCUT2D eigenvalue weighted by atomic mass is 79.9. The molecule has 0 radical (unpaired) electrons. The van der Waals surface area contributed by atoms with E-state index in [1.165, 1.54) is 47.4 Å². The molecule has 8 nitrogen and oxygen atoms in total. The monoisotopic (exact) mass is 542 g/mol. The average molecular weight is 543 g/mol. The van der Waals surface area contributed by atoms with E-state index in [2.05, 4.69) is 31.2 Å². The van der Waals surface area contributed by atoms with Gasteiger partial charge in [0.05, 0.1) is 26.6 Å². The van der Waals surface area contributed by atoms with Crippen LogP contribution in [0.5, 0.6) is 5.75 Å². The number of nitrogens with one attached hydrogen (secondary N) is 1. The van der Waals surface area contributed by atoms with Crippen LogP contribution in [0.3, 0.4) is 0 Å². The van der Waals surface area contributed by atoms with Crippen molar-refractivity contribution in [3.8, 4) is 5.75 Å². The van der Waals surface area contributed by atoms with Crippen molar-refractivity contribution < 1.29 is 14.8 Å². The number of aromatic hydroxyl groups is 1. The number of hydrogen-bond donors (Lipinski definition) is 2. The quantitative estimate of drug-likeness (QED) is 0.125. The third kappa shape index (κ3) is 5.95. The van der Waals surface area contributed by atoms with Crippen LogP contribution in [0, 0.1) is 10.1 Å². The number of anilines is 1. The second-order valence-corrected chi connectivity index (χ2v) is 9.90. The van der Waals surface area contributed by atoms with E-state index in [4.69, 9.17) is 0 Å². The van der Waals surface area contributed by atoms with Gasteiger partial charge in [0, 0.05) is 34.1 Å². The number of hydrogen-bond acceptors (Lipinski definition) is 8. The second-order valence-electron chi connectivity index (χ2n) is 6.73. The molecule has 166 valence electrons. The first kappa shape index (κ1) is 22.9. The maximum Gasteiger partial charge on any atom is 0.269 e. The van der Waals surface area contributed by atoms with Gasteiger partial charge in [0.25, 0.3) is 5.69 Å². The third-order valence-corrected chi connectivity index (χ3v) is 7.04. The summed E-state index contributed by atoms with van der Waals surface area (Å²) in [5.74, 6) is 0.0722. The number of nitro benzene ring substituents is 1. The molecule has 0 saturated heterocycles. The van der Waals surface area contributed by atoms with Gasteiger partial charge in [-0.1, -0.05) is 27.7 Å². The number of aromatic nitrogens is 1. The number of phenols is 1. The lowest BCUT2D eigenvalue weighted by Crippen LogP contribution is -2.13. The topological polar surface area (TPSA) is 118 Å². The number of benzene rings is 3. The van der Waals surface area contributed by atoms with Crippen LogP contribution in [0.4, 0.5) is 17.1 Å². The molecule has 2 N–H and O–H groups in total. The molecule has 0 atom stereocenters. The number of aliphatic imine (C=N–C) groups is 1. The standard InChI is InChI=1S/C22H15BrN4O4S2/c23-14-1-8-19(28)13(9-14)11-24-16-4-7-18-20(10-16)33-22(26-18)32-12-21(29)25-15-2-5-17(6-3-15)27(30)31/h1-11,28H,12H2,(H,25,29). The zero-order chi connectivity index (χ0) is 23.4.